The molecule has 0 spiro atoms. The van der Waals surface area contributed by atoms with E-state index in [4.69, 9.17) is 23.6 Å². The van der Waals surface area contributed by atoms with Crippen LogP contribution in [0.1, 0.15) is 24.0 Å². The van der Waals surface area contributed by atoms with E-state index in [0.29, 0.717) is 45.7 Å². The molecule has 5 aromatic rings. The third-order valence-electron chi connectivity index (χ3n) is 8.76. The molecule has 0 radical (unpaired) electrons. The number of nitrogens with zero attached hydrogens (tertiary/aromatic N) is 3. The maximum Gasteiger partial charge on any atom is 0.727 e. The fraction of sp³-hybridized carbons (Fsp3) is 0.158. The highest BCUT2D eigenvalue weighted by Crippen LogP contribution is 2.43. The fourth-order valence-electron chi connectivity index (χ4n) is 6.32. The van der Waals surface area contributed by atoms with Crippen LogP contribution in [0.5, 0.6) is 11.5 Å². The van der Waals surface area contributed by atoms with E-state index in [-0.39, 0.29) is 26.1 Å². The van der Waals surface area contributed by atoms with Crippen molar-refractivity contribution in [1.82, 2.24) is 4.48 Å². The van der Waals surface area contributed by atoms with Crippen LogP contribution in [0.25, 0.3) is 28.0 Å². The Kier molecular flexibility index (Phi) is 10.2. The Labute approximate surface area is 307 Å². The smallest absolute Gasteiger partial charge is 0.494 e. The topological polar surface area (TPSA) is 148 Å². The lowest BCUT2D eigenvalue weighted by Crippen LogP contribution is -2.43. The number of hydrogen-bond donors (Lipinski definition) is 2. The summed E-state index contributed by atoms with van der Waals surface area (Å²) in [4.78, 5) is 5.18. The van der Waals surface area contributed by atoms with Crippen LogP contribution in [0.15, 0.2) is 126 Å². The monoisotopic (exact) mass is 754 g/mol. The average molecular weight is 755 g/mol. The molecule has 1 aromatic heterocycles. The molecule has 0 bridgehead atoms. The number of aromatic nitrogens is 1. The van der Waals surface area contributed by atoms with Gasteiger partial charge in [0.05, 0.1) is 35.9 Å². The van der Waals surface area contributed by atoms with E-state index in [2.05, 4.69) is 0 Å². The second-order valence-corrected chi connectivity index (χ2v) is 15.6. The maximum absolute atomic E-state index is 17.6. The molecule has 270 valence electrons. The summed E-state index contributed by atoms with van der Waals surface area (Å²) in [5.41, 5.74) is 5.79. The van der Waals surface area contributed by atoms with Gasteiger partial charge >= 0.3 is 13.1 Å². The molecule has 4 aromatic carbocycles. The molecule has 0 unspecified atom stereocenters. The van der Waals surface area contributed by atoms with Gasteiger partial charge < -0.3 is 9.47 Å². The van der Waals surface area contributed by atoms with Gasteiger partial charge in [-0.1, -0.05) is 60.7 Å². The molecule has 0 aliphatic carbocycles. The molecular formula is C38H34BFN3O8S2+. The third kappa shape index (κ3) is 8.18. The molecule has 0 saturated heterocycles. The first kappa shape index (κ1) is 36.0. The zero-order chi connectivity index (χ0) is 37.2. The van der Waals surface area contributed by atoms with Crippen molar-refractivity contribution < 1.29 is 44.2 Å². The van der Waals surface area contributed by atoms with Crippen molar-refractivity contribution in [2.45, 2.75) is 12.8 Å². The van der Waals surface area contributed by atoms with Gasteiger partial charge in [-0.25, -0.2) is 4.49 Å². The van der Waals surface area contributed by atoms with Crippen LogP contribution in [0.2, 0.25) is 0 Å². The van der Waals surface area contributed by atoms with E-state index in [1.807, 2.05) is 72.8 Å². The van der Waals surface area contributed by atoms with Gasteiger partial charge in [-0.3, -0.25) is 17.9 Å². The van der Waals surface area contributed by atoms with E-state index < -0.39 is 39.0 Å². The Hall–Kier alpha value is -5.35. The number of rotatable bonds is 14. The molecule has 2 N–H and O–H groups in total. The molecule has 0 fully saturated rings. The zero-order valence-electron chi connectivity index (χ0n) is 28.2. The summed E-state index contributed by atoms with van der Waals surface area (Å²) in [5.74, 6) is 1.08. The van der Waals surface area contributed by atoms with Gasteiger partial charge in [-0.05, 0) is 89.1 Å². The van der Waals surface area contributed by atoms with Gasteiger partial charge in [0.2, 0.25) is 5.82 Å². The SMILES string of the molecule is O=S(=O)(O)CCCOc1ccc(C2=[N+]3B(F)n4c(-c5ccc(OCCCS(=O)(=O)O)cc5)cc(-c5ccccc5)c4N=C3C(c3ccccc3)=C2)cc1. The lowest BCUT2D eigenvalue weighted by molar-refractivity contribution is -0.260. The van der Waals surface area contributed by atoms with Gasteiger partial charge in [-0.2, -0.15) is 16.8 Å². The molecule has 53 heavy (non-hydrogen) atoms. The predicted octanol–water partition coefficient (Wildman–Crippen LogP) is 6.58. The minimum atomic E-state index is -4.08. The van der Waals surface area contributed by atoms with Crippen LogP contribution < -0.4 is 9.47 Å². The van der Waals surface area contributed by atoms with Gasteiger partial charge in [0.15, 0.2) is 0 Å². The second-order valence-electron chi connectivity index (χ2n) is 12.5. The maximum atomic E-state index is 17.6. The van der Waals surface area contributed by atoms with E-state index >= 15 is 4.32 Å². The second kappa shape index (κ2) is 14.9. The molecule has 3 heterocycles. The first-order chi connectivity index (χ1) is 25.4. The summed E-state index contributed by atoms with van der Waals surface area (Å²) in [7, 11) is -9.88. The van der Waals surface area contributed by atoms with Crippen LogP contribution in [-0.2, 0) is 20.2 Å². The van der Waals surface area contributed by atoms with Gasteiger partial charge in [-0.15, -0.1) is 0 Å². The molecule has 0 amide bonds. The van der Waals surface area contributed by atoms with Crippen molar-refractivity contribution in [2.24, 2.45) is 4.99 Å². The Morgan fingerprint density at radius 2 is 1.19 bits per heavy atom. The van der Waals surface area contributed by atoms with Gasteiger partial charge in [0.1, 0.15) is 17.2 Å². The number of benzene rings is 4. The van der Waals surface area contributed by atoms with Crippen LogP contribution in [0.3, 0.4) is 0 Å². The first-order valence-electron chi connectivity index (χ1n) is 16.8. The fourth-order valence-corrected chi connectivity index (χ4v) is 7.28. The van der Waals surface area contributed by atoms with E-state index in [1.165, 1.54) is 0 Å². The highest BCUT2D eigenvalue weighted by molar-refractivity contribution is 7.86. The molecule has 2 aliphatic rings. The molecule has 15 heteroatoms. The summed E-state index contributed by atoms with van der Waals surface area (Å²) >= 11 is 0. The predicted molar refractivity (Wildman–Crippen MR) is 203 cm³/mol. The number of hydrogen-bond acceptors (Lipinski definition) is 7. The molecule has 11 nitrogen and oxygen atoms in total. The number of amidine groups is 1. The molecule has 2 aliphatic heterocycles. The highest BCUT2D eigenvalue weighted by Gasteiger charge is 2.50. The van der Waals surface area contributed by atoms with Crippen molar-refractivity contribution in [3.63, 3.8) is 0 Å². The molecular weight excluding hydrogens is 720 g/mol. The quantitative estimate of drug-likeness (QED) is 0.0735. The summed E-state index contributed by atoms with van der Waals surface area (Å²) in [5, 5.41) is 0. The van der Waals surface area contributed by atoms with Crippen molar-refractivity contribution in [3.05, 3.63) is 132 Å². The van der Waals surface area contributed by atoms with Crippen molar-refractivity contribution in [3.8, 4) is 33.9 Å². The number of ether oxygens (including phenoxy) is 2. The Morgan fingerprint density at radius 1 is 0.679 bits per heavy atom. The van der Waals surface area contributed by atoms with Crippen LogP contribution in [0, 0.1) is 0 Å². The minimum Gasteiger partial charge on any atom is -0.494 e. The van der Waals surface area contributed by atoms with Gasteiger partial charge in [0, 0.05) is 17.3 Å². The van der Waals surface area contributed by atoms with Crippen LogP contribution in [-0.4, -0.2) is 78.4 Å². The lowest BCUT2D eigenvalue weighted by atomic mass is 9.96. The van der Waals surface area contributed by atoms with E-state index in [0.717, 1.165) is 22.3 Å². The number of aliphatic imine (C=N–C) groups is 1. The average Bonchev–Trinajstić information content (AvgIpc) is 3.73. The zero-order valence-corrected chi connectivity index (χ0v) is 29.9. The number of allylic oxidation sites excluding steroid dienone is 1. The summed E-state index contributed by atoms with van der Waals surface area (Å²) in [6.07, 6.45) is 2.17. The molecule has 0 saturated carbocycles. The standard InChI is InChI=1S/C38H33BFN3O8S2/c40-39-42-35(29-13-17-31(18-14-29)50-21-7-23-52(44,45)46)25-33(27-9-3-1-4-10-27)37(42)41-38-34(28-11-5-2-6-12-28)26-36(43(38)39)30-15-19-32(20-16-30)51-22-8-24-53(47,48)49/h1-6,9-20,25-26H,7-8,21-24H2,(H-,44,45,46,47,48,49)/p+1. The first-order valence-corrected chi connectivity index (χ1v) is 20.0. The number of halogens is 1. The summed E-state index contributed by atoms with van der Waals surface area (Å²) < 4.78 is 94.3. The lowest BCUT2D eigenvalue weighted by Gasteiger charge is -2.17. The normalized spacial score (nSPS) is 14.1. The largest absolute Gasteiger partial charge is 0.727 e. The van der Waals surface area contributed by atoms with E-state index in [9.17, 15) is 16.8 Å². The molecule has 0 atom stereocenters. The van der Waals surface area contributed by atoms with Gasteiger partial charge in [0.25, 0.3) is 20.2 Å². The molecule has 7 rings (SSSR count). The van der Waals surface area contributed by atoms with Crippen molar-refractivity contribution >= 4 is 50.4 Å². The Bertz CT molecular complexity index is 2450. The van der Waals surface area contributed by atoms with Crippen LogP contribution >= 0.6 is 0 Å². The van der Waals surface area contributed by atoms with Crippen molar-refractivity contribution in [1.29, 1.82) is 0 Å². The van der Waals surface area contributed by atoms with Crippen LogP contribution in [0.4, 0.5) is 10.1 Å². The number of fused-ring (bicyclic) bond motifs is 2. The van der Waals surface area contributed by atoms with E-state index in [1.54, 1.807) is 57.5 Å². The van der Waals surface area contributed by atoms with Crippen molar-refractivity contribution in [2.75, 3.05) is 24.7 Å². The third-order valence-corrected chi connectivity index (χ3v) is 10.4. The Morgan fingerprint density at radius 3 is 1.72 bits per heavy atom. The Balaban J connectivity index is 1.28. The summed E-state index contributed by atoms with van der Waals surface area (Å²) in [6.45, 7) is 0.181. The summed E-state index contributed by atoms with van der Waals surface area (Å²) in [6, 6.07) is 35.4. The minimum absolute atomic E-state index is 0.0906. The highest BCUT2D eigenvalue weighted by atomic mass is 32.2.